The minimum Gasteiger partial charge on any atom is -0.382 e. The maximum Gasteiger partial charge on any atom is 0.191 e. The first kappa shape index (κ1) is 24.7. The number of guanidine groups is 1. The summed E-state index contributed by atoms with van der Waals surface area (Å²) in [5.74, 6) is 0.899. The first-order valence-corrected chi connectivity index (χ1v) is 10.7. The molecule has 0 saturated heterocycles. The van der Waals surface area contributed by atoms with Crippen molar-refractivity contribution >= 4 is 41.3 Å². The molecule has 1 atom stereocenters. The number of rotatable bonds is 10. The molecule has 2 N–H and O–H groups in total. The summed E-state index contributed by atoms with van der Waals surface area (Å²) in [6.07, 6.45) is 6.39. The molecule has 0 bridgehead atoms. The van der Waals surface area contributed by atoms with Crippen LogP contribution >= 0.6 is 35.3 Å². The summed E-state index contributed by atoms with van der Waals surface area (Å²) in [6, 6.07) is 4.67. The van der Waals surface area contributed by atoms with Crippen molar-refractivity contribution in [1.82, 2.24) is 15.5 Å². The lowest BCUT2D eigenvalue weighted by Crippen LogP contribution is -2.45. The Morgan fingerprint density at radius 1 is 1.33 bits per heavy atom. The van der Waals surface area contributed by atoms with E-state index in [-0.39, 0.29) is 24.0 Å². The molecule has 5 nitrogen and oxygen atoms in total. The average Bonchev–Trinajstić information content (AvgIpc) is 3.30. The third kappa shape index (κ3) is 7.87. The lowest BCUT2D eigenvalue weighted by Gasteiger charge is -2.30. The maximum atomic E-state index is 5.62. The van der Waals surface area contributed by atoms with Gasteiger partial charge in [-0.25, -0.2) is 0 Å². The molecule has 2 rings (SSSR count). The van der Waals surface area contributed by atoms with Crippen molar-refractivity contribution in [3.8, 4) is 0 Å². The minimum absolute atomic E-state index is 0. The van der Waals surface area contributed by atoms with E-state index in [4.69, 9.17) is 4.74 Å². The van der Waals surface area contributed by atoms with Crippen LogP contribution in [-0.4, -0.2) is 58.3 Å². The van der Waals surface area contributed by atoms with Gasteiger partial charge in [-0.3, -0.25) is 4.99 Å². The van der Waals surface area contributed by atoms with Gasteiger partial charge in [0, 0.05) is 38.2 Å². The second kappa shape index (κ2) is 13.0. The lowest BCUT2D eigenvalue weighted by molar-refractivity contribution is 0.105. The highest BCUT2D eigenvalue weighted by Gasteiger charge is 2.33. The van der Waals surface area contributed by atoms with Gasteiger partial charge in [-0.15, -0.1) is 35.3 Å². The van der Waals surface area contributed by atoms with Crippen molar-refractivity contribution in [1.29, 1.82) is 0 Å². The van der Waals surface area contributed by atoms with Crippen molar-refractivity contribution in [2.75, 3.05) is 47.4 Å². The predicted octanol–water partition coefficient (Wildman–Crippen LogP) is 4.12. The molecule has 1 aliphatic rings. The Morgan fingerprint density at radius 3 is 2.63 bits per heavy atom. The summed E-state index contributed by atoms with van der Waals surface area (Å²) in [5, 5.41) is 9.25. The number of nitrogens with zero attached hydrogens (tertiary/aromatic N) is 2. The zero-order valence-corrected chi connectivity index (χ0v) is 20.4. The molecule has 0 radical (unpaired) electrons. The Labute approximate surface area is 186 Å². The quantitative estimate of drug-likeness (QED) is 0.216. The van der Waals surface area contributed by atoms with Crippen molar-refractivity contribution in [2.24, 2.45) is 10.4 Å². The molecular weight excluding hydrogens is 471 g/mol. The second-order valence-corrected chi connectivity index (χ2v) is 8.43. The third-order valence-corrected chi connectivity index (χ3v) is 6.43. The molecule has 1 unspecified atom stereocenters. The van der Waals surface area contributed by atoms with Crippen LogP contribution in [0.4, 0.5) is 0 Å². The van der Waals surface area contributed by atoms with E-state index in [0.717, 1.165) is 38.7 Å². The zero-order valence-electron chi connectivity index (χ0n) is 17.3. The number of thiophene rings is 1. The van der Waals surface area contributed by atoms with Crippen LogP contribution in [0.15, 0.2) is 22.5 Å². The number of likely N-dealkylation sites (N-methyl/N-ethyl adjacent to an activating group) is 1. The molecule has 0 spiro atoms. The highest BCUT2D eigenvalue weighted by molar-refractivity contribution is 14.0. The van der Waals surface area contributed by atoms with Gasteiger partial charge in [-0.1, -0.05) is 18.9 Å². The maximum absolute atomic E-state index is 5.62. The molecule has 1 fully saturated rings. The van der Waals surface area contributed by atoms with Crippen LogP contribution in [0.2, 0.25) is 0 Å². The van der Waals surface area contributed by atoms with Crippen molar-refractivity contribution in [2.45, 2.75) is 45.1 Å². The molecule has 0 aromatic carbocycles. The van der Waals surface area contributed by atoms with Crippen molar-refractivity contribution in [3.05, 3.63) is 22.4 Å². The van der Waals surface area contributed by atoms with E-state index in [1.165, 1.54) is 30.6 Å². The molecule has 1 saturated carbocycles. The van der Waals surface area contributed by atoms with Crippen LogP contribution in [0.25, 0.3) is 0 Å². The van der Waals surface area contributed by atoms with Gasteiger partial charge in [0.25, 0.3) is 0 Å². The monoisotopic (exact) mass is 508 g/mol. The van der Waals surface area contributed by atoms with Crippen LogP contribution in [-0.2, 0) is 4.74 Å². The fraction of sp³-hybridized carbons (Fsp3) is 0.750. The molecule has 1 aromatic rings. The molecular formula is C20H37IN4OS. The van der Waals surface area contributed by atoms with E-state index < -0.39 is 0 Å². The largest absolute Gasteiger partial charge is 0.382 e. The Hall–Kier alpha value is -0.380. The van der Waals surface area contributed by atoms with Crippen LogP contribution in [0.1, 0.15) is 49.9 Å². The van der Waals surface area contributed by atoms with Crippen LogP contribution in [0.3, 0.4) is 0 Å². The van der Waals surface area contributed by atoms with E-state index in [1.54, 1.807) is 0 Å². The van der Waals surface area contributed by atoms with Gasteiger partial charge in [0.05, 0.1) is 6.04 Å². The Kier molecular flexibility index (Phi) is 11.8. The van der Waals surface area contributed by atoms with Gasteiger partial charge in [0.1, 0.15) is 0 Å². The van der Waals surface area contributed by atoms with E-state index in [2.05, 4.69) is 59.1 Å². The molecule has 1 heterocycles. The first-order valence-electron chi connectivity index (χ1n) is 9.82. The SMILES string of the molecule is CCOCCC1(CNC(=NC)NCC(c2cccs2)N(C)C)CCCC1.I. The lowest BCUT2D eigenvalue weighted by atomic mass is 9.83. The Bertz CT molecular complexity index is 530. The molecule has 1 aromatic heterocycles. The normalized spacial score (nSPS) is 17.6. The highest BCUT2D eigenvalue weighted by Crippen LogP contribution is 2.40. The fourth-order valence-electron chi connectivity index (χ4n) is 3.78. The Balaban J connectivity index is 0.00000364. The molecule has 27 heavy (non-hydrogen) atoms. The summed E-state index contributed by atoms with van der Waals surface area (Å²) < 4.78 is 5.62. The number of ether oxygens (including phenoxy) is 1. The third-order valence-electron chi connectivity index (χ3n) is 5.46. The predicted molar refractivity (Wildman–Crippen MR) is 128 cm³/mol. The standard InChI is InChI=1S/C20H36N4OS.HI/c1-5-25-13-12-20(10-6-7-11-20)16-23-19(21-2)22-15-17(24(3)4)18-9-8-14-26-18;/h8-9,14,17H,5-7,10-13,15-16H2,1-4H3,(H2,21,22,23);1H. The smallest absolute Gasteiger partial charge is 0.191 e. The highest BCUT2D eigenvalue weighted by atomic mass is 127. The van der Waals surface area contributed by atoms with Crippen molar-refractivity contribution < 1.29 is 4.74 Å². The molecule has 0 aliphatic heterocycles. The topological polar surface area (TPSA) is 48.9 Å². The fourth-order valence-corrected chi connectivity index (χ4v) is 4.70. The van der Waals surface area contributed by atoms with Gasteiger partial charge in [-0.05, 0) is 57.1 Å². The summed E-state index contributed by atoms with van der Waals surface area (Å²) in [7, 11) is 6.11. The summed E-state index contributed by atoms with van der Waals surface area (Å²) in [4.78, 5) is 8.07. The summed E-state index contributed by atoms with van der Waals surface area (Å²) in [5.41, 5.74) is 0.363. The van der Waals surface area contributed by atoms with E-state index in [9.17, 15) is 0 Å². The molecule has 0 amide bonds. The molecule has 1 aliphatic carbocycles. The van der Waals surface area contributed by atoms with Crippen LogP contribution in [0, 0.1) is 5.41 Å². The first-order chi connectivity index (χ1) is 12.6. The number of hydrogen-bond donors (Lipinski definition) is 2. The Morgan fingerprint density at radius 2 is 2.07 bits per heavy atom. The number of nitrogens with one attached hydrogen (secondary N) is 2. The van der Waals surface area contributed by atoms with E-state index in [1.807, 2.05) is 18.4 Å². The number of halogens is 1. The molecule has 7 heteroatoms. The van der Waals surface area contributed by atoms with Crippen LogP contribution in [0.5, 0.6) is 0 Å². The van der Waals surface area contributed by atoms with Gasteiger partial charge >= 0.3 is 0 Å². The summed E-state index contributed by atoms with van der Waals surface area (Å²) >= 11 is 1.81. The van der Waals surface area contributed by atoms with E-state index in [0.29, 0.717) is 11.5 Å². The van der Waals surface area contributed by atoms with E-state index >= 15 is 0 Å². The molecule has 156 valence electrons. The van der Waals surface area contributed by atoms with Gasteiger partial charge in [0.15, 0.2) is 5.96 Å². The number of aliphatic imine (C=N–C) groups is 1. The minimum atomic E-state index is 0. The second-order valence-electron chi connectivity index (χ2n) is 7.46. The summed E-state index contributed by atoms with van der Waals surface area (Å²) in [6.45, 7) is 5.57. The van der Waals surface area contributed by atoms with Gasteiger partial charge in [0.2, 0.25) is 0 Å². The van der Waals surface area contributed by atoms with Crippen molar-refractivity contribution in [3.63, 3.8) is 0 Å². The zero-order chi connectivity index (χ0) is 18.8. The van der Waals surface area contributed by atoms with Gasteiger partial charge in [-0.2, -0.15) is 0 Å². The number of hydrogen-bond acceptors (Lipinski definition) is 4. The van der Waals surface area contributed by atoms with Crippen LogP contribution < -0.4 is 10.6 Å². The average molecular weight is 509 g/mol. The van der Waals surface area contributed by atoms with Gasteiger partial charge < -0.3 is 20.3 Å².